The molecule has 0 amide bonds. The number of H-pyrrole nitrogens is 1. The van der Waals surface area contributed by atoms with Gasteiger partial charge in [0.05, 0.1) is 13.7 Å². The van der Waals surface area contributed by atoms with Crippen LogP contribution in [0.5, 0.6) is 11.5 Å². The summed E-state index contributed by atoms with van der Waals surface area (Å²) in [7, 11) is 1.65. The SMILES string of the molecule is COc1ccc(OCCSc2n[nH]c(C(C)(C)C)n2)cc1. The number of rotatable bonds is 6. The van der Waals surface area contributed by atoms with E-state index in [1.807, 2.05) is 24.3 Å². The molecule has 0 saturated heterocycles. The Kier molecular flexibility index (Phi) is 5.12. The van der Waals surface area contributed by atoms with Crippen LogP contribution in [0.4, 0.5) is 0 Å². The van der Waals surface area contributed by atoms with Crippen molar-refractivity contribution in [3.05, 3.63) is 30.1 Å². The molecule has 1 heterocycles. The topological polar surface area (TPSA) is 60.0 Å². The molecule has 0 spiro atoms. The molecule has 1 aromatic heterocycles. The number of ether oxygens (including phenoxy) is 2. The molecule has 114 valence electrons. The van der Waals surface area contributed by atoms with Crippen LogP contribution >= 0.6 is 11.8 Å². The summed E-state index contributed by atoms with van der Waals surface area (Å²) in [6.45, 7) is 6.93. The molecule has 6 heteroatoms. The summed E-state index contributed by atoms with van der Waals surface area (Å²) in [5.41, 5.74) is -0.00853. The molecule has 0 aliphatic heterocycles. The van der Waals surface area contributed by atoms with Crippen LogP contribution in [0, 0.1) is 0 Å². The first-order chi connectivity index (χ1) is 9.99. The number of aromatic amines is 1. The summed E-state index contributed by atoms with van der Waals surface area (Å²) < 4.78 is 10.8. The number of hydrogen-bond acceptors (Lipinski definition) is 5. The lowest BCUT2D eigenvalue weighted by Gasteiger charge is -2.12. The van der Waals surface area contributed by atoms with Crippen LogP contribution in [0.15, 0.2) is 29.4 Å². The molecule has 0 unspecified atom stereocenters. The second-order valence-corrected chi connectivity index (χ2v) is 6.65. The van der Waals surface area contributed by atoms with Gasteiger partial charge in [-0.2, -0.15) is 0 Å². The molecule has 2 aromatic rings. The highest BCUT2D eigenvalue weighted by atomic mass is 32.2. The molecule has 1 N–H and O–H groups in total. The van der Waals surface area contributed by atoms with Gasteiger partial charge < -0.3 is 9.47 Å². The Labute approximate surface area is 129 Å². The Balaban J connectivity index is 1.75. The lowest BCUT2D eigenvalue weighted by molar-refractivity contribution is 0.342. The van der Waals surface area contributed by atoms with Gasteiger partial charge in [0.15, 0.2) is 0 Å². The fourth-order valence-corrected chi connectivity index (χ4v) is 2.23. The molecule has 0 aliphatic rings. The van der Waals surface area contributed by atoms with Gasteiger partial charge in [0.2, 0.25) is 5.16 Å². The van der Waals surface area contributed by atoms with E-state index in [2.05, 4.69) is 36.0 Å². The fraction of sp³-hybridized carbons (Fsp3) is 0.467. The van der Waals surface area contributed by atoms with Gasteiger partial charge >= 0.3 is 0 Å². The van der Waals surface area contributed by atoms with Gasteiger partial charge in [0.25, 0.3) is 0 Å². The normalized spacial score (nSPS) is 11.4. The highest BCUT2D eigenvalue weighted by molar-refractivity contribution is 7.99. The minimum atomic E-state index is -0.00853. The maximum absolute atomic E-state index is 5.66. The van der Waals surface area contributed by atoms with E-state index in [1.54, 1.807) is 18.9 Å². The van der Waals surface area contributed by atoms with E-state index in [4.69, 9.17) is 9.47 Å². The number of aromatic nitrogens is 3. The molecule has 0 atom stereocenters. The molecule has 0 radical (unpaired) electrons. The van der Waals surface area contributed by atoms with E-state index in [9.17, 15) is 0 Å². The van der Waals surface area contributed by atoms with Crippen LogP contribution in [0.2, 0.25) is 0 Å². The number of benzene rings is 1. The van der Waals surface area contributed by atoms with Crippen molar-refractivity contribution < 1.29 is 9.47 Å². The summed E-state index contributed by atoms with van der Waals surface area (Å²) >= 11 is 1.58. The van der Waals surface area contributed by atoms with Crippen LogP contribution in [-0.2, 0) is 5.41 Å². The molecular weight excluding hydrogens is 286 g/mol. The lowest BCUT2D eigenvalue weighted by Crippen LogP contribution is -2.13. The van der Waals surface area contributed by atoms with Crippen molar-refractivity contribution in [1.82, 2.24) is 15.2 Å². The van der Waals surface area contributed by atoms with E-state index < -0.39 is 0 Å². The van der Waals surface area contributed by atoms with E-state index in [0.717, 1.165) is 28.2 Å². The Hall–Kier alpha value is -1.69. The first-order valence-corrected chi connectivity index (χ1v) is 7.80. The zero-order valence-corrected chi connectivity index (χ0v) is 13.7. The Morgan fingerprint density at radius 3 is 2.38 bits per heavy atom. The van der Waals surface area contributed by atoms with Crippen molar-refractivity contribution in [2.45, 2.75) is 31.3 Å². The number of nitrogens with zero attached hydrogens (tertiary/aromatic N) is 2. The van der Waals surface area contributed by atoms with E-state index in [1.165, 1.54) is 0 Å². The molecule has 2 rings (SSSR count). The van der Waals surface area contributed by atoms with Gasteiger partial charge in [-0.1, -0.05) is 32.5 Å². The number of hydrogen-bond donors (Lipinski definition) is 1. The molecular formula is C15H21N3O2S. The Morgan fingerprint density at radius 2 is 1.81 bits per heavy atom. The van der Waals surface area contributed by atoms with Crippen molar-refractivity contribution in [2.24, 2.45) is 0 Å². The van der Waals surface area contributed by atoms with Crippen molar-refractivity contribution in [1.29, 1.82) is 0 Å². The fourth-order valence-electron chi connectivity index (χ4n) is 1.61. The highest BCUT2D eigenvalue weighted by Crippen LogP contribution is 2.21. The quantitative estimate of drug-likeness (QED) is 0.655. The molecule has 1 aromatic carbocycles. The van der Waals surface area contributed by atoms with Crippen molar-refractivity contribution in [3.8, 4) is 11.5 Å². The van der Waals surface area contributed by atoms with Gasteiger partial charge in [0, 0.05) is 11.2 Å². The van der Waals surface area contributed by atoms with Crippen molar-refractivity contribution in [3.63, 3.8) is 0 Å². The van der Waals surface area contributed by atoms with Crippen molar-refractivity contribution in [2.75, 3.05) is 19.5 Å². The van der Waals surface area contributed by atoms with Gasteiger partial charge in [-0.3, -0.25) is 5.10 Å². The second-order valence-electron chi connectivity index (χ2n) is 5.59. The van der Waals surface area contributed by atoms with Gasteiger partial charge in [0.1, 0.15) is 17.3 Å². The standard InChI is InChI=1S/C15H21N3O2S/c1-15(2,3)13-16-14(18-17-13)21-10-9-20-12-7-5-11(19-4)6-8-12/h5-8H,9-10H2,1-4H3,(H,16,17,18). The Bertz CT molecular complexity index is 561. The minimum Gasteiger partial charge on any atom is -0.497 e. The highest BCUT2D eigenvalue weighted by Gasteiger charge is 2.18. The van der Waals surface area contributed by atoms with E-state index in [-0.39, 0.29) is 5.41 Å². The third kappa shape index (κ3) is 4.67. The first kappa shape index (κ1) is 15.7. The molecule has 0 fully saturated rings. The average Bonchev–Trinajstić information content (AvgIpc) is 2.93. The van der Waals surface area contributed by atoms with Gasteiger partial charge in [-0.15, -0.1) is 5.10 Å². The smallest absolute Gasteiger partial charge is 0.208 e. The van der Waals surface area contributed by atoms with Crippen LogP contribution < -0.4 is 9.47 Å². The van der Waals surface area contributed by atoms with Gasteiger partial charge in [-0.25, -0.2) is 4.98 Å². The monoisotopic (exact) mass is 307 g/mol. The first-order valence-electron chi connectivity index (χ1n) is 6.81. The summed E-state index contributed by atoms with van der Waals surface area (Å²) in [6.07, 6.45) is 0. The molecule has 0 bridgehead atoms. The maximum Gasteiger partial charge on any atom is 0.208 e. The number of nitrogens with one attached hydrogen (secondary N) is 1. The molecule has 21 heavy (non-hydrogen) atoms. The molecule has 0 aliphatic carbocycles. The average molecular weight is 307 g/mol. The summed E-state index contributed by atoms with van der Waals surface area (Å²) in [6, 6.07) is 7.56. The van der Waals surface area contributed by atoms with E-state index >= 15 is 0 Å². The maximum atomic E-state index is 5.66. The molecule has 0 saturated carbocycles. The molecule has 5 nitrogen and oxygen atoms in total. The minimum absolute atomic E-state index is 0.00853. The largest absolute Gasteiger partial charge is 0.497 e. The van der Waals surface area contributed by atoms with Crippen LogP contribution in [0.25, 0.3) is 0 Å². The lowest BCUT2D eigenvalue weighted by atomic mass is 9.96. The number of thioether (sulfide) groups is 1. The van der Waals surface area contributed by atoms with Crippen molar-refractivity contribution >= 4 is 11.8 Å². The summed E-state index contributed by atoms with van der Waals surface area (Å²) in [5.74, 6) is 3.36. The third-order valence-corrected chi connectivity index (χ3v) is 3.63. The second kappa shape index (κ2) is 6.85. The number of methoxy groups -OCH3 is 1. The van der Waals surface area contributed by atoms with Crippen LogP contribution in [0.3, 0.4) is 0 Å². The van der Waals surface area contributed by atoms with Crippen LogP contribution in [0.1, 0.15) is 26.6 Å². The zero-order chi connectivity index (χ0) is 15.3. The third-order valence-electron chi connectivity index (χ3n) is 2.82. The Morgan fingerprint density at radius 1 is 1.14 bits per heavy atom. The van der Waals surface area contributed by atoms with Crippen LogP contribution in [-0.4, -0.2) is 34.7 Å². The van der Waals surface area contributed by atoms with Gasteiger partial charge in [-0.05, 0) is 24.3 Å². The summed E-state index contributed by atoms with van der Waals surface area (Å²) in [5, 5.41) is 7.95. The predicted molar refractivity (Wildman–Crippen MR) is 84.3 cm³/mol. The predicted octanol–water partition coefficient (Wildman–Crippen LogP) is 3.28. The summed E-state index contributed by atoms with van der Waals surface area (Å²) in [4.78, 5) is 4.47. The zero-order valence-electron chi connectivity index (χ0n) is 12.8. The van der Waals surface area contributed by atoms with E-state index in [0.29, 0.717) is 6.61 Å².